The molecule has 0 amide bonds. The Balaban J connectivity index is 3.00. The van der Waals surface area contributed by atoms with Crippen LogP contribution in [0, 0.1) is 9.81 Å². The molecule has 12 heteroatoms. The predicted octanol–water partition coefficient (Wildman–Crippen LogP) is 2.54. The number of nitrogens with zero attached hydrogens (tertiary/aromatic N) is 2. The van der Waals surface area contributed by atoms with Crippen molar-refractivity contribution >= 4 is 31.6 Å². The monoisotopic (exact) mass is 398 g/mol. The maximum absolute atomic E-state index is 11.7. The molecule has 2 aromatic rings. The molecule has 0 spiro atoms. The van der Waals surface area contributed by atoms with Gasteiger partial charge in [-0.1, -0.05) is 42.5 Å². The lowest BCUT2D eigenvalue weighted by Gasteiger charge is -2.11. The first-order valence-electron chi connectivity index (χ1n) is 6.66. The van der Waals surface area contributed by atoms with E-state index in [4.69, 9.17) is 0 Å². The predicted molar refractivity (Wildman–Crippen MR) is 90.9 cm³/mol. The Kier molecular flexibility index (Phi) is 5.41. The lowest BCUT2D eigenvalue weighted by atomic mass is 10.1. The van der Waals surface area contributed by atoms with Crippen molar-refractivity contribution in [2.24, 2.45) is 10.4 Å². The van der Waals surface area contributed by atoms with Gasteiger partial charge in [-0.15, -0.1) is 9.81 Å². The molecular weight excluding hydrogens is 388 g/mol. The van der Waals surface area contributed by atoms with E-state index in [0.717, 1.165) is 12.1 Å². The smallest absolute Gasteiger partial charge is 0.282 e. The number of benzene rings is 2. The summed E-state index contributed by atoms with van der Waals surface area (Å²) in [4.78, 5) is 20.1. The van der Waals surface area contributed by atoms with E-state index in [0.29, 0.717) is 6.07 Å². The van der Waals surface area contributed by atoms with E-state index in [-0.39, 0.29) is 5.56 Å². The molecule has 0 saturated carbocycles. The number of rotatable bonds is 6. The van der Waals surface area contributed by atoms with Crippen molar-refractivity contribution in [3.05, 3.63) is 69.5 Å². The highest BCUT2D eigenvalue weighted by molar-refractivity contribution is 7.89. The van der Waals surface area contributed by atoms with Gasteiger partial charge in [-0.2, -0.15) is 16.8 Å². The summed E-state index contributed by atoms with van der Waals surface area (Å²) in [6, 6.07) is 9.98. The van der Waals surface area contributed by atoms with Crippen LogP contribution in [-0.4, -0.2) is 25.9 Å². The van der Waals surface area contributed by atoms with Crippen molar-refractivity contribution < 1.29 is 25.9 Å². The molecule has 0 unspecified atom stereocenters. The Hall–Kier alpha value is -2.80. The summed E-state index contributed by atoms with van der Waals surface area (Å²) < 4.78 is 64.9. The Morgan fingerprint density at radius 2 is 1.31 bits per heavy atom. The summed E-state index contributed by atoms with van der Waals surface area (Å²) in [7, 11) is -10.3. The lowest BCUT2D eigenvalue weighted by molar-refractivity contribution is 0.466. The minimum Gasteiger partial charge on any atom is -0.282 e. The number of hydrogen-bond donors (Lipinski definition) is 2. The summed E-state index contributed by atoms with van der Waals surface area (Å²) in [6.07, 6.45) is 0. The molecule has 26 heavy (non-hydrogen) atoms. The summed E-state index contributed by atoms with van der Waals surface area (Å²) in [6.45, 7) is 0. The van der Waals surface area contributed by atoms with Crippen LogP contribution in [0.4, 0.5) is 0 Å². The Bertz CT molecular complexity index is 1110. The van der Waals surface area contributed by atoms with Crippen LogP contribution in [0.25, 0.3) is 11.4 Å². The van der Waals surface area contributed by atoms with Gasteiger partial charge in [-0.3, -0.25) is 9.11 Å². The second-order valence-corrected chi connectivity index (χ2v) is 7.58. The van der Waals surface area contributed by atoms with Gasteiger partial charge in [-0.05, 0) is 16.4 Å². The zero-order valence-corrected chi connectivity index (χ0v) is 14.3. The molecule has 0 bridgehead atoms. The molecule has 0 heterocycles. The normalized spacial score (nSPS) is 13.0. The van der Waals surface area contributed by atoms with Crippen molar-refractivity contribution in [2.45, 2.75) is 9.79 Å². The molecule has 0 atom stereocenters. The van der Waals surface area contributed by atoms with Gasteiger partial charge in [0.2, 0.25) is 0 Å². The molecular formula is C14H10N2O8S2. The fraction of sp³-hybridized carbons (Fsp3) is 0. The molecule has 0 radical (unpaired) electrons. The van der Waals surface area contributed by atoms with Crippen LogP contribution in [0.1, 0.15) is 11.1 Å². The van der Waals surface area contributed by atoms with Crippen molar-refractivity contribution in [3.63, 3.8) is 0 Å². The van der Waals surface area contributed by atoms with E-state index >= 15 is 0 Å². The van der Waals surface area contributed by atoms with Crippen LogP contribution in [-0.2, 0) is 20.2 Å². The highest BCUT2D eigenvalue weighted by atomic mass is 32.2. The van der Waals surface area contributed by atoms with Gasteiger partial charge < -0.3 is 0 Å². The molecule has 0 aliphatic rings. The third kappa shape index (κ3) is 3.88. The average molecular weight is 398 g/mol. The summed E-state index contributed by atoms with van der Waals surface area (Å²) in [5.74, 6) is 0. The van der Waals surface area contributed by atoms with Crippen LogP contribution >= 0.6 is 0 Å². The minimum atomic E-state index is -5.24. The van der Waals surface area contributed by atoms with E-state index in [2.05, 4.69) is 10.4 Å². The van der Waals surface area contributed by atoms with Crippen molar-refractivity contribution in [2.75, 3.05) is 0 Å². The van der Waals surface area contributed by atoms with Gasteiger partial charge in [0.05, 0.1) is 0 Å². The van der Waals surface area contributed by atoms with Crippen LogP contribution in [0.3, 0.4) is 0 Å². The molecule has 0 aliphatic carbocycles. The highest BCUT2D eigenvalue weighted by Crippen LogP contribution is 2.35. The number of nitroso groups, excluding NO2 is 2. The fourth-order valence-electron chi connectivity index (χ4n) is 2.22. The largest absolute Gasteiger partial charge is 0.296 e. The Morgan fingerprint density at radius 3 is 1.77 bits per heavy atom. The number of hydrogen-bond acceptors (Lipinski definition) is 8. The molecule has 136 valence electrons. The summed E-state index contributed by atoms with van der Waals surface area (Å²) >= 11 is 0. The van der Waals surface area contributed by atoms with Gasteiger partial charge in [-0.25, -0.2) is 0 Å². The Labute approximate surface area is 147 Å². The summed E-state index contributed by atoms with van der Waals surface area (Å²) in [5.41, 5.74) is -2.03. The van der Waals surface area contributed by atoms with Crippen LogP contribution in [0.15, 0.2) is 68.7 Å². The van der Waals surface area contributed by atoms with Gasteiger partial charge in [0.1, 0.15) is 21.2 Å². The topological polar surface area (TPSA) is 168 Å². The second kappa shape index (κ2) is 7.21. The molecule has 0 aromatic heterocycles. The maximum atomic E-state index is 11.7. The molecule has 10 nitrogen and oxygen atoms in total. The van der Waals surface area contributed by atoms with Crippen molar-refractivity contribution in [1.29, 1.82) is 0 Å². The standard InChI is InChI=1S/C14H10N2O8S2/c17-15-12(9-5-2-1-3-6-9)13(16-18)10-7-4-8-11(25(19,20)21)14(10)26(22,23)24/h1-8H,(H,19,20,21)(H,22,23,24). The van der Waals surface area contributed by atoms with E-state index < -0.39 is 47.0 Å². The molecule has 2 N–H and O–H groups in total. The lowest BCUT2D eigenvalue weighted by Crippen LogP contribution is -2.11. The van der Waals surface area contributed by atoms with E-state index in [1.807, 2.05) is 0 Å². The molecule has 2 rings (SSSR count). The van der Waals surface area contributed by atoms with Gasteiger partial charge in [0.15, 0.2) is 0 Å². The average Bonchev–Trinajstić information content (AvgIpc) is 2.58. The molecule has 0 aliphatic heterocycles. The first-order valence-corrected chi connectivity index (χ1v) is 9.54. The summed E-state index contributed by atoms with van der Waals surface area (Å²) in [5, 5.41) is 5.26. The van der Waals surface area contributed by atoms with Crippen LogP contribution < -0.4 is 0 Å². The molecule has 0 fully saturated rings. The minimum absolute atomic E-state index is 0.0932. The van der Waals surface area contributed by atoms with E-state index in [9.17, 15) is 35.8 Å². The fourth-order valence-corrected chi connectivity index (χ4v) is 4.21. The zero-order valence-electron chi connectivity index (χ0n) is 12.7. The molecule has 2 aromatic carbocycles. The first-order chi connectivity index (χ1) is 12.1. The van der Waals surface area contributed by atoms with E-state index in [1.165, 1.54) is 24.3 Å². The third-order valence-electron chi connectivity index (χ3n) is 3.22. The second-order valence-electron chi connectivity index (χ2n) is 4.83. The first kappa shape index (κ1) is 19.5. The van der Waals surface area contributed by atoms with Crippen LogP contribution in [0.5, 0.6) is 0 Å². The van der Waals surface area contributed by atoms with Gasteiger partial charge in [0.25, 0.3) is 20.2 Å². The van der Waals surface area contributed by atoms with Gasteiger partial charge in [0, 0.05) is 11.1 Å². The molecule has 0 saturated heterocycles. The van der Waals surface area contributed by atoms with Gasteiger partial charge >= 0.3 is 0 Å². The zero-order chi connectivity index (χ0) is 19.5. The van der Waals surface area contributed by atoms with Crippen LogP contribution in [0.2, 0.25) is 0 Å². The highest BCUT2D eigenvalue weighted by Gasteiger charge is 2.30. The maximum Gasteiger partial charge on any atom is 0.296 e. The SMILES string of the molecule is O=NC(=C(N=O)c1cccc(S(=O)(=O)O)c1S(=O)(=O)O)c1ccccc1. The quantitative estimate of drug-likeness (QED) is 0.425. The van der Waals surface area contributed by atoms with Crippen molar-refractivity contribution in [1.82, 2.24) is 0 Å². The van der Waals surface area contributed by atoms with E-state index in [1.54, 1.807) is 6.07 Å². The third-order valence-corrected chi connectivity index (χ3v) is 5.20. The van der Waals surface area contributed by atoms with Crippen molar-refractivity contribution in [3.8, 4) is 0 Å². The Morgan fingerprint density at radius 1 is 0.731 bits per heavy atom.